The van der Waals surface area contributed by atoms with Crippen molar-refractivity contribution >= 4 is 6.47 Å². The summed E-state index contributed by atoms with van der Waals surface area (Å²) in [6.45, 7) is 17.2. The Kier molecular flexibility index (Phi) is 12.9. The van der Waals surface area contributed by atoms with Gasteiger partial charge in [-0.3, -0.25) is 4.79 Å². The zero-order chi connectivity index (χ0) is 41.2. The Labute approximate surface area is 333 Å². The van der Waals surface area contributed by atoms with Gasteiger partial charge in [0.05, 0.1) is 37.1 Å². The van der Waals surface area contributed by atoms with Gasteiger partial charge in [0.15, 0.2) is 12.6 Å². The predicted octanol–water partition coefficient (Wildman–Crippen LogP) is 3.50. The minimum Gasteiger partial charge on any atom is -0.464 e. The van der Waals surface area contributed by atoms with Crippen LogP contribution in [0.1, 0.15) is 126 Å². The van der Waals surface area contributed by atoms with Gasteiger partial charge in [-0.05, 0) is 112 Å². The van der Waals surface area contributed by atoms with Gasteiger partial charge < -0.3 is 59.4 Å². The lowest BCUT2D eigenvalue weighted by molar-refractivity contribution is -0.325. The number of allylic oxidation sites excluding steroid dienone is 2. The van der Waals surface area contributed by atoms with Crippen LogP contribution in [0, 0.1) is 39.4 Å². The molecule has 6 rings (SSSR count). The van der Waals surface area contributed by atoms with Crippen molar-refractivity contribution in [2.45, 2.75) is 199 Å². The van der Waals surface area contributed by atoms with E-state index >= 15 is 0 Å². The molecule has 0 bridgehead atoms. The van der Waals surface area contributed by atoms with E-state index < -0.39 is 73.4 Å². The molecule has 4 aliphatic carbocycles. The number of rotatable bonds is 13. The van der Waals surface area contributed by atoms with Crippen LogP contribution in [0.4, 0.5) is 0 Å². The molecule has 11 unspecified atom stereocenters. The first-order valence-corrected chi connectivity index (χ1v) is 21.3. The molecule has 0 aromatic heterocycles. The van der Waals surface area contributed by atoms with Crippen molar-refractivity contribution in [2.24, 2.45) is 39.4 Å². The first kappa shape index (κ1) is 44.3. The highest BCUT2D eigenvalue weighted by Crippen LogP contribution is 2.72. The maximum absolute atomic E-state index is 12.0. The first-order valence-electron chi connectivity index (χ1n) is 21.3. The molecule has 56 heavy (non-hydrogen) atoms. The van der Waals surface area contributed by atoms with E-state index in [-0.39, 0.29) is 46.4 Å². The Balaban J connectivity index is 1.14. The van der Waals surface area contributed by atoms with Crippen LogP contribution in [0.5, 0.6) is 0 Å². The average molecular weight is 797 g/mol. The van der Waals surface area contributed by atoms with Crippen molar-refractivity contribution < 1.29 is 64.2 Å². The van der Waals surface area contributed by atoms with Crippen LogP contribution in [0.25, 0.3) is 0 Å². The van der Waals surface area contributed by atoms with E-state index in [1.165, 1.54) is 0 Å². The van der Waals surface area contributed by atoms with Crippen LogP contribution < -0.4 is 0 Å². The monoisotopic (exact) mass is 796 g/mol. The average Bonchev–Trinajstić information content (AvgIpc) is 3.43. The lowest BCUT2D eigenvalue weighted by Gasteiger charge is -2.62. The Morgan fingerprint density at radius 1 is 0.804 bits per heavy atom. The third-order valence-corrected chi connectivity index (χ3v) is 16.5. The smallest absolute Gasteiger partial charge is 0.293 e. The van der Waals surface area contributed by atoms with Crippen LogP contribution in [0.15, 0.2) is 11.1 Å². The Hall–Kier alpha value is -1.23. The molecule has 0 aromatic carbocycles. The lowest BCUT2D eigenvalue weighted by atomic mass is 9.43. The summed E-state index contributed by atoms with van der Waals surface area (Å²) in [5, 5.41) is 72.2. The number of hydrogen-bond donors (Lipinski definition) is 7. The molecule has 2 saturated carbocycles. The summed E-state index contributed by atoms with van der Waals surface area (Å²) in [4.78, 5) is 12.0. The zero-order valence-corrected chi connectivity index (χ0v) is 34.9. The SMILES string of the molecule is CC1C(CO)OC(OC(C)(C)CCC[C@@H](OC=O)[C@H]2CC[C@@]3(C)C4=C(CC[C@]23C)[C@@]2(C)CC[C@H](OC3OC(CO)C(O)C(O)C3O)C(C)(C)C2CC4)C(O)C1O. The summed E-state index contributed by atoms with van der Waals surface area (Å²) >= 11 is 0. The fraction of sp³-hybridized carbons (Fsp3) is 0.930. The standard InChI is InChI=1S/C43H72O13/c1-23-28(20-44)53-38(35(50)32(23)47)56-39(2,3)16-9-10-27(52-22-46)26-14-19-42(7)25-11-12-30-40(4,5)31(15-17-41(30,6)24(25)13-18-43(26,42)8)55-37-36(51)34(49)33(48)29(21-45)54-37/h22-23,26-38,44-45,47-51H,9-21H2,1-8H3/t23?,26-,27-,28?,29?,30?,31+,32?,33?,34?,35?,36?,37?,38?,41-,42+,43-/m1/s1. The minimum atomic E-state index is -1.48. The summed E-state index contributed by atoms with van der Waals surface area (Å²) < 4.78 is 30.2. The number of aliphatic hydroxyl groups is 7. The molecule has 2 aliphatic heterocycles. The topological polar surface area (TPSA) is 205 Å². The highest BCUT2D eigenvalue weighted by atomic mass is 16.7. The van der Waals surface area contributed by atoms with Crippen molar-refractivity contribution in [2.75, 3.05) is 13.2 Å². The molecule has 13 heteroatoms. The van der Waals surface area contributed by atoms with Gasteiger partial charge in [-0.15, -0.1) is 0 Å². The minimum absolute atomic E-state index is 0.0417. The van der Waals surface area contributed by atoms with Gasteiger partial charge in [-0.2, -0.15) is 0 Å². The second-order valence-corrected chi connectivity index (χ2v) is 20.1. The largest absolute Gasteiger partial charge is 0.464 e. The normalized spacial score (nSPS) is 47.1. The van der Waals surface area contributed by atoms with Crippen molar-refractivity contribution in [3.8, 4) is 0 Å². The molecular formula is C43H72O13. The second kappa shape index (κ2) is 16.3. The molecule has 13 nitrogen and oxygen atoms in total. The summed E-state index contributed by atoms with van der Waals surface area (Å²) in [6, 6.07) is 0. The molecule has 2 saturated heterocycles. The summed E-state index contributed by atoms with van der Waals surface area (Å²) in [7, 11) is 0. The molecule has 0 aromatic rings. The van der Waals surface area contributed by atoms with Crippen molar-refractivity contribution in [3.63, 3.8) is 0 Å². The number of carbonyl (C=O) groups excluding carboxylic acids is 1. The third-order valence-electron chi connectivity index (χ3n) is 16.5. The molecule has 0 amide bonds. The Morgan fingerprint density at radius 2 is 1.46 bits per heavy atom. The third kappa shape index (κ3) is 7.45. The van der Waals surface area contributed by atoms with Crippen LogP contribution in [-0.4, -0.2) is 129 Å². The Morgan fingerprint density at radius 3 is 2.12 bits per heavy atom. The quantitative estimate of drug-likeness (QED) is 0.106. The van der Waals surface area contributed by atoms with Crippen LogP contribution in [-0.2, 0) is 28.5 Å². The van der Waals surface area contributed by atoms with Crippen LogP contribution in [0.3, 0.4) is 0 Å². The Bertz CT molecular complexity index is 1420. The molecule has 322 valence electrons. The van der Waals surface area contributed by atoms with E-state index in [0.29, 0.717) is 25.2 Å². The predicted molar refractivity (Wildman–Crippen MR) is 205 cm³/mol. The van der Waals surface area contributed by atoms with Crippen molar-refractivity contribution in [1.82, 2.24) is 0 Å². The number of fused-ring (bicyclic) bond motifs is 4. The molecule has 2 heterocycles. The highest BCUT2D eigenvalue weighted by Gasteiger charge is 2.64. The highest BCUT2D eigenvalue weighted by molar-refractivity contribution is 5.40. The van der Waals surface area contributed by atoms with Gasteiger partial charge in [0.1, 0.15) is 36.6 Å². The lowest BCUT2D eigenvalue weighted by Crippen LogP contribution is -2.61. The maximum Gasteiger partial charge on any atom is 0.293 e. The van der Waals surface area contributed by atoms with Crippen LogP contribution >= 0.6 is 0 Å². The van der Waals surface area contributed by atoms with Crippen molar-refractivity contribution in [1.29, 1.82) is 0 Å². The summed E-state index contributed by atoms with van der Waals surface area (Å²) in [5.41, 5.74) is 2.01. The van der Waals surface area contributed by atoms with E-state index in [9.17, 15) is 40.5 Å². The summed E-state index contributed by atoms with van der Waals surface area (Å²) in [6.07, 6.45) is -1.44. The van der Waals surface area contributed by atoms with Gasteiger partial charge >= 0.3 is 0 Å². The zero-order valence-electron chi connectivity index (χ0n) is 34.9. The fourth-order valence-corrected chi connectivity index (χ4v) is 12.8. The van der Waals surface area contributed by atoms with E-state index in [4.69, 9.17) is 23.7 Å². The maximum atomic E-state index is 12.0. The number of carbonyl (C=O) groups is 1. The number of aliphatic hydroxyl groups excluding tert-OH is 7. The van der Waals surface area contributed by atoms with E-state index in [1.54, 1.807) is 18.1 Å². The number of hydrogen-bond acceptors (Lipinski definition) is 13. The van der Waals surface area contributed by atoms with Gasteiger partial charge in [-0.1, -0.05) is 52.7 Å². The molecule has 0 radical (unpaired) electrons. The molecule has 7 N–H and O–H groups in total. The molecule has 17 atom stereocenters. The van der Waals surface area contributed by atoms with Gasteiger partial charge in [0, 0.05) is 11.8 Å². The van der Waals surface area contributed by atoms with Crippen molar-refractivity contribution in [3.05, 3.63) is 11.1 Å². The van der Waals surface area contributed by atoms with Gasteiger partial charge in [-0.25, -0.2) is 0 Å². The van der Waals surface area contributed by atoms with E-state index in [1.807, 2.05) is 13.8 Å². The van der Waals surface area contributed by atoms with Gasteiger partial charge in [0.2, 0.25) is 0 Å². The molecular weight excluding hydrogens is 724 g/mol. The van der Waals surface area contributed by atoms with E-state index in [2.05, 4.69) is 34.6 Å². The summed E-state index contributed by atoms with van der Waals surface area (Å²) in [5.74, 6) is 0.0586. The van der Waals surface area contributed by atoms with Gasteiger partial charge in [0.25, 0.3) is 6.47 Å². The second-order valence-electron chi connectivity index (χ2n) is 20.1. The molecule has 6 aliphatic rings. The number of ether oxygens (including phenoxy) is 5. The van der Waals surface area contributed by atoms with E-state index in [0.717, 1.165) is 57.8 Å². The molecule has 4 fully saturated rings. The first-order chi connectivity index (χ1) is 26.2. The fourth-order valence-electron chi connectivity index (χ4n) is 12.8. The van der Waals surface area contributed by atoms with Crippen LogP contribution in [0.2, 0.25) is 0 Å². The molecule has 0 spiro atoms.